The van der Waals surface area contributed by atoms with E-state index in [9.17, 15) is 4.79 Å². The molecule has 120 valence electrons. The summed E-state index contributed by atoms with van der Waals surface area (Å²) < 4.78 is 11.0. The van der Waals surface area contributed by atoms with E-state index in [0.29, 0.717) is 17.9 Å². The maximum Gasteiger partial charge on any atom is 0.338 e. The van der Waals surface area contributed by atoms with Crippen molar-refractivity contribution in [3.8, 4) is 5.75 Å². The van der Waals surface area contributed by atoms with Gasteiger partial charge in [-0.1, -0.05) is 36.4 Å². The van der Waals surface area contributed by atoms with E-state index in [1.807, 2.05) is 24.3 Å². The molecule has 0 spiro atoms. The van der Waals surface area contributed by atoms with Crippen molar-refractivity contribution in [2.24, 2.45) is 0 Å². The number of ether oxygens (including phenoxy) is 2. The lowest BCUT2D eigenvalue weighted by atomic mass is 9.88. The summed E-state index contributed by atoms with van der Waals surface area (Å²) in [5, 5.41) is 3.31. The molecular weight excluding hydrogens is 290 g/mol. The molecule has 4 heteroatoms. The van der Waals surface area contributed by atoms with Gasteiger partial charge in [0.05, 0.1) is 12.7 Å². The maximum atomic E-state index is 12.5. The monoisotopic (exact) mass is 311 g/mol. The molecule has 0 aromatic heterocycles. The molecule has 1 heterocycles. The first kappa shape index (κ1) is 15.6. The number of rotatable bonds is 4. The Hall–Kier alpha value is -2.33. The molecule has 2 aromatic rings. The van der Waals surface area contributed by atoms with Crippen LogP contribution in [0.3, 0.4) is 0 Å². The van der Waals surface area contributed by atoms with Crippen LogP contribution in [0.2, 0.25) is 0 Å². The van der Waals surface area contributed by atoms with Crippen LogP contribution in [0.5, 0.6) is 5.75 Å². The third-order valence-electron chi connectivity index (χ3n) is 4.22. The number of hydrogen-bond acceptors (Lipinski definition) is 4. The number of carbonyl (C=O) groups is 1. The van der Waals surface area contributed by atoms with Crippen molar-refractivity contribution >= 4 is 5.97 Å². The van der Waals surface area contributed by atoms with Gasteiger partial charge in [0.15, 0.2) is 0 Å². The van der Waals surface area contributed by atoms with Crippen molar-refractivity contribution in [2.75, 3.05) is 20.2 Å². The second-order valence-corrected chi connectivity index (χ2v) is 5.69. The van der Waals surface area contributed by atoms with Crippen molar-refractivity contribution in [1.29, 1.82) is 0 Å². The molecule has 1 saturated heterocycles. The number of esters is 1. The van der Waals surface area contributed by atoms with E-state index in [4.69, 9.17) is 9.47 Å². The fraction of sp³-hybridized carbons (Fsp3) is 0.316. The third kappa shape index (κ3) is 3.71. The molecule has 1 aliphatic rings. The summed E-state index contributed by atoms with van der Waals surface area (Å²) in [6, 6.07) is 17.3. The minimum atomic E-state index is -0.307. The molecule has 4 nitrogen and oxygen atoms in total. The molecule has 1 N–H and O–H groups in total. The second-order valence-electron chi connectivity index (χ2n) is 5.69. The Morgan fingerprint density at radius 3 is 2.74 bits per heavy atom. The number of benzene rings is 2. The normalized spacial score (nSPS) is 20.7. The number of nitrogens with one attached hydrogen (secondary N) is 1. The van der Waals surface area contributed by atoms with Crippen molar-refractivity contribution < 1.29 is 14.3 Å². The van der Waals surface area contributed by atoms with Crippen LogP contribution in [0.15, 0.2) is 54.6 Å². The van der Waals surface area contributed by atoms with E-state index in [-0.39, 0.29) is 18.0 Å². The summed E-state index contributed by atoms with van der Waals surface area (Å²) in [5.74, 6) is 0.575. The van der Waals surface area contributed by atoms with Crippen LogP contribution in [-0.2, 0) is 4.74 Å². The van der Waals surface area contributed by atoms with Gasteiger partial charge < -0.3 is 14.8 Å². The zero-order chi connectivity index (χ0) is 16.1. The maximum absolute atomic E-state index is 12.5. The molecule has 1 aliphatic heterocycles. The van der Waals surface area contributed by atoms with Gasteiger partial charge in [0, 0.05) is 12.5 Å². The number of carbonyl (C=O) groups excluding carboxylic acids is 1. The number of hydrogen-bond donors (Lipinski definition) is 1. The molecule has 2 aromatic carbocycles. The fourth-order valence-electron chi connectivity index (χ4n) is 2.99. The fourth-order valence-corrected chi connectivity index (χ4v) is 2.99. The quantitative estimate of drug-likeness (QED) is 0.882. The molecule has 0 bridgehead atoms. The molecule has 3 rings (SSSR count). The average Bonchev–Trinajstić information content (AvgIpc) is 2.63. The SMILES string of the molecule is COc1cccc(C(=O)O[C@H]2CNCC[C@@H]2c2ccccc2)c1. The summed E-state index contributed by atoms with van der Waals surface area (Å²) in [7, 11) is 1.58. The summed E-state index contributed by atoms with van der Waals surface area (Å²) in [4.78, 5) is 12.5. The van der Waals surface area contributed by atoms with Gasteiger partial charge in [-0.15, -0.1) is 0 Å². The first-order valence-corrected chi connectivity index (χ1v) is 7.88. The van der Waals surface area contributed by atoms with Crippen LogP contribution in [0, 0.1) is 0 Å². The minimum Gasteiger partial charge on any atom is -0.497 e. The van der Waals surface area contributed by atoms with Crippen molar-refractivity contribution in [3.05, 3.63) is 65.7 Å². The molecule has 0 unspecified atom stereocenters. The standard InChI is InChI=1S/C19H21NO3/c1-22-16-9-5-8-15(12-16)19(21)23-18-13-20-11-10-17(18)14-6-3-2-4-7-14/h2-9,12,17-18,20H,10-11,13H2,1H3/t17-,18+/m1/s1. The molecule has 2 atom stereocenters. The lowest BCUT2D eigenvalue weighted by Gasteiger charge is -2.32. The van der Waals surface area contributed by atoms with Gasteiger partial charge in [-0.2, -0.15) is 0 Å². The van der Waals surface area contributed by atoms with Gasteiger partial charge in [0.25, 0.3) is 0 Å². The van der Waals surface area contributed by atoms with Gasteiger partial charge in [-0.25, -0.2) is 4.79 Å². The number of piperidine rings is 1. The predicted molar refractivity (Wildman–Crippen MR) is 88.9 cm³/mol. The Bertz CT molecular complexity index is 657. The Balaban J connectivity index is 1.75. The Morgan fingerprint density at radius 1 is 1.13 bits per heavy atom. The molecule has 1 fully saturated rings. The summed E-state index contributed by atoms with van der Waals surface area (Å²) in [6.45, 7) is 1.61. The van der Waals surface area contributed by atoms with Crippen molar-refractivity contribution in [3.63, 3.8) is 0 Å². The zero-order valence-corrected chi connectivity index (χ0v) is 13.2. The highest BCUT2D eigenvalue weighted by Crippen LogP contribution is 2.28. The summed E-state index contributed by atoms with van der Waals surface area (Å²) in [6.07, 6.45) is 0.796. The minimum absolute atomic E-state index is 0.162. The smallest absolute Gasteiger partial charge is 0.338 e. The molecule has 23 heavy (non-hydrogen) atoms. The lowest BCUT2D eigenvalue weighted by Crippen LogP contribution is -2.42. The highest BCUT2D eigenvalue weighted by molar-refractivity contribution is 5.90. The first-order chi connectivity index (χ1) is 11.3. The summed E-state index contributed by atoms with van der Waals surface area (Å²) >= 11 is 0. The van der Waals surface area contributed by atoms with Gasteiger partial charge >= 0.3 is 5.97 Å². The largest absolute Gasteiger partial charge is 0.497 e. The van der Waals surface area contributed by atoms with Gasteiger partial charge in [-0.3, -0.25) is 0 Å². The Labute approximate surface area is 136 Å². The zero-order valence-electron chi connectivity index (χ0n) is 13.2. The molecule has 0 radical (unpaired) electrons. The summed E-state index contributed by atoms with van der Waals surface area (Å²) in [5.41, 5.74) is 1.74. The highest BCUT2D eigenvalue weighted by Gasteiger charge is 2.29. The van der Waals surface area contributed by atoms with Gasteiger partial charge in [0.2, 0.25) is 0 Å². The van der Waals surface area contributed by atoms with E-state index < -0.39 is 0 Å². The first-order valence-electron chi connectivity index (χ1n) is 7.88. The van der Waals surface area contributed by atoms with E-state index in [2.05, 4.69) is 17.4 Å². The van der Waals surface area contributed by atoms with Gasteiger partial charge in [0.1, 0.15) is 11.9 Å². The lowest BCUT2D eigenvalue weighted by molar-refractivity contribution is 0.0182. The van der Waals surface area contributed by atoms with E-state index in [0.717, 1.165) is 13.0 Å². The molecule has 0 saturated carbocycles. The van der Waals surface area contributed by atoms with Gasteiger partial charge in [-0.05, 0) is 36.7 Å². The van der Waals surface area contributed by atoms with E-state index >= 15 is 0 Å². The van der Waals surface area contributed by atoms with Crippen LogP contribution < -0.4 is 10.1 Å². The predicted octanol–water partition coefficient (Wildman–Crippen LogP) is 3.00. The molecule has 0 amide bonds. The van der Waals surface area contributed by atoms with Crippen molar-refractivity contribution in [1.82, 2.24) is 5.32 Å². The number of methoxy groups -OCH3 is 1. The van der Waals surface area contributed by atoms with Crippen molar-refractivity contribution in [2.45, 2.75) is 18.4 Å². The van der Waals surface area contributed by atoms with E-state index in [1.54, 1.807) is 25.3 Å². The second kappa shape index (κ2) is 7.29. The Morgan fingerprint density at radius 2 is 1.96 bits per heavy atom. The van der Waals surface area contributed by atoms with Crippen LogP contribution >= 0.6 is 0 Å². The van der Waals surface area contributed by atoms with E-state index in [1.165, 1.54) is 5.56 Å². The molecule has 0 aliphatic carbocycles. The van der Waals surface area contributed by atoms with Crippen LogP contribution in [-0.4, -0.2) is 32.3 Å². The highest BCUT2D eigenvalue weighted by atomic mass is 16.5. The molecular formula is C19H21NO3. The van der Waals surface area contributed by atoms with Crippen LogP contribution in [0.1, 0.15) is 28.3 Å². The average molecular weight is 311 g/mol. The van der Waals surface area contributed by atoms with Crippen LogP contribution in [0.4, 0.5) is 0 Å². The Kier molecular flexibility index (Phi) is 4.93. The topological polar surface area (TPSA) is 47.6 Å². The third-order valence-corrected chi connectivity index (χ3v) is 4.22. The van der Waals surface area contributed by atoms with Crippen LogP contribution in [0.25, 0.3) is 0 Å².